The Morgan fingerprint density at radius 2 is 1.71 bits per heavy atom. The van der Waals surface area contributed by atoms with Crippen LogP contribution in [0.2, 0.25) is 0 Å². The summed E-state index contributed by atoms with van der Waals surface area (Å²) in [6, 6.07) is 4.85. The van der Waals surface area contributed by atoms with Crippen molar-refractivity contribution in [3.05, 3.63) is 29.3 Å². The molecule has 2 rings (SSSR count). The summed E-state index contributed by atoms with van der Waals surface area (Å²) in [5.41, 5.74) is 0.802. The number of halogens is 2. The molecular weight excluding hydrogens is 222 g/mol. The average molecular weight is 244 g/mol. The first-order valence-corrected chi connectivity index (χ1v) is 6.22. The van der Waals surface area contributed by atoms with Crippen LogP contribution in [0.15, 0.2) is 18.2 Å². The maximum absolute atomic E-state index is 13.3. The largest absolute Gasteiger partial charge is 0.493 e. The van der Waals surface area contributed by atoms with Gasteiger partial charge >= 0.3 is 0 Å². The highest BCUT2D eigenvalue weighted by Gasteiger charge is 2.38. The van der Waals surface area contributed by atoms with Gasteiger partial charge in [-0.15, -0.1) is 0 Å². The van der Waals surface area contributed by atoms with E-state index in [2.05, 4.69) is 0 Å². The van der Waals surface area contributed by atoms with Gasteiger partial charge in [0.25, 0.3) is 5.92 Å². The lowest BCUT2D eigenvalue weighted by Gasteiger charge is -2.26. The predicted molar refractivity (Wildman–Crippen MR) is 67.9 cm³/mol. The Bertz CT molecular complexity index is 335. The molecule has 0 atom stereocenters. The molecule has 1 aliphatic rings. The van der Waals surface area contributed by atoms with Gasteiger partial charge in [-0.2, -0.15) is 0 Å². The molecule has 0 spiro atoms. The summed E-state index contributed by atoms with van der Waals surface area (Å²) in [5.74, 6) is -2.36. The van der Waals surface area contributed by atoms with Crippen LogP contribution >= 0.6 is 0 Å². The van der Waals surface area contributed by atoms with Gasteiger partial charge < -0.3 is 4.74 Å². The summed E-state index contributed by atoms with van der Waals surface area (Å²) in [6.45, 7) is 9.88. The molecule has 1 aliphatic heterocycles. The summed E-state index contributed by atoms with van der Waals surface area (Å²) in [4.78, 5) is 0. The van der Waals surface area contributed by atoms with Crippen molar-refractivity contribution < 1.29 is 13.5 Å². The second kappa shape index (κ2) is 7.25. The van der Waals surface area contributed by atoms with Crippen LogP contribution in [0.3, 0.4) is 0 Å². The Balaban J connectivity index is 0.000000581. The third kappa shape index (κ3) is 3.69. The number of ether oxygens (including phenoxy) is 1. The van der Waals surface area contributed by atoms with Gasteiger partial charge in [0.1, 0.15) is 5.75 Å². The summed E-state index contributed by atoms with van der Waals surface area (Å²) in [7, 11) is 0. The van der Waals surface area contributed by atoms with Gasteiger partial charge in [-0.3, -0.25) is 0 Å². The number of hydrogen-bond donors (Lipinski definition) is 0. The smallest absolute Gasteiger partial charge is 0.280 e. The van der Waals surface area contributed by atoms with Crippen molar-refractivity contribution in [1.29, 1.82) is 0 Å². The summed E-state index contributed by atoms with van der Waals surface area (Å²) in [5, 5.41) is 0. The lowest BCUT2D eigenvalue weighted by molar-refractivity contribution is -0.0406. The van der Waals surface area contributed by atoms with Crippen LogP contribution < -0.4 is 4.74 Å². The third-order valence-electron chi connectivity index (χ3n) is 2.27. The molecule has 0 fully saturated rings. The van der Waals surface area contributed by atoms with Gasteiger partial charge in [-0.1, -0.05) is 39.8 Å². The molecule has 17 heavy (non-hydrogen) atoms. The highest BCUT2D eigenvalue weighted by molar-refractivity contribution is 5.44. The van der Waals surface area contributed by atoms with E-state index in [4.69, 9.17) is 4.74 Å². The van der Waals surface area contributed by atoms with Crippen LogP contribution in [0.1, 0.15) is 45.2 Å². The number of aryl methyl sites for hydroxylation is 1. The number of benzene rings is 1. The maximum Gasteiger partial charge on any atom is 0.280 e. The molecule has 0 radical (unpaired) electrons. The highest BCUT2D eigenvalue weighted by atomic mass is 19.3. The highest BCUT2D eigenvalue weighted by Crippen LogP contribution is 2.42. The maximum atomic E-state index is 13.3. The van der Waals surface area contributed by atoms with Crippen LogP contribution in [0.4, 0.5) is 8.78 Å². The van der Waals surface area contributed by atoms with Crippen LogP contribution in [0.5, 0.6) is 5.75 Å². The fourth-order valence-corrected chi connectivity index (χ4v) is 1.55. The number of fused-ring (bicyclic) bond motifs is 1. The van der Waals surface area contributed by atoms with E-state index in [0.29, 0.717) is 5.75 Å². The first-order valence-electron chi connectivity index (χ1n) is 6.22. The summed E-state index contributed by atoms with van der Waals surface area (Å²) in [6.07, 6.45) is -0.219. The second-order valence-corrected chi connectivity index (χ2v) is 3.25. The minimum absolute atomic E-state index is 0.0266. The van der Waals surface area contributed by atoms with Gasteiger partial charge in [0.2, 0.25) is 0 Å². The number of rotatable bonds is 0. The zero-order valence-electron chi connectivity index (χ0n) is 11.3. The Morgan fingerprint density at radius 1 is 1.12 bits per heavy atom. The van der Waals surface area contributed by atoms with Crippen LogP contribution in [-0.2, 0) is 5.92 Å². The first kappa shape index (κ1) is 15.9. The molecule has 1 aromatic rings. The van der Waals surface area contributed by atoms with E-state index in [1.54, 1.807) is 19.1 Å². The minimum atomic E-state index is -2.72. The Kier molecular flexibility index (Phi) is 6.78. The molecule has 0 amide bonds. The fraction of sp³-hybridized carbons (Fsp3) is 0.571. The van der Waals surface area contributed by atoms with Crippen molar-refractivity contribution in [2.75, 3.05) is 6.61 Å². The van der Waals surface area contributed by atoms with E-state index < -0.39 is 5.92 Å². The molecule has 0 saturated heterocycles. The van der Waals surface area contributed by atoms with Gasteiger partial charge in [-0.05, 0) is 18.6 Å². The molecule has 1 nitrogen and oxygen atoms in total. The van der Waals surface area contributed by atoms with E-state index in [-0.39, 0.29) is 18.6 Å². The van der Waals surface area contributed by atoms with Gasteiger partial charge in [0.15, 0.2) is 0 Å². The van der Waals surface area contributed by atoms with E-state index in [1.165, 1.54) is 6.07 Å². The molecule has 0 N–H and O–H groups in total. The minimum Gasteiger partial charge on any atom is -0.493 e. The Hall–Kier alpha value is -1.12. The predicted octanol–water partition coefficient (Wildman–Crippen LogP) is 4.92. The van der Waals surface area contributed by atoms with E-state index >= 15 is 0 Å². The normalized spacial score (nSPS) is 15.2. The van der Waals surface area contributed by atoms with Crippen molar-refractivity contribution in [2.24, 2.45) is 0 Å². The third-order valence-corrected chi connectivity index (χ3v) is 2.27. The lowest BCUT2D eigenvalue weighted by Crippen LogP contribution is -2.24. The van der Waals surface area contributed by atoms with Crippen LogP contribution in [0, 0.1) is 6.92 Å². The molecule has 0 aromatic heterocycles. The van der Waals surface area contributed by atoms with E-state index in [9.17, 15) is 8.78 Å². The van der Waals surface area contributed by atoms with Gasteiger partial charge in [-0.25, -0.2) is 8.78 Å². The van der Waals surface area contributed by atoms with Crippen molar-refractivity contribution in [1.82, 2.24) is 0 Å². The first-order chi connectivity index (χ1) is 8.11. The molecular formula is C14H22F2O. The monoisotopic (exact) mass is 244 g/mol. The van der Waals surface area contributed by atoms with Crippen molar-refractivity contribution in [2.45, 2.75) is 47.0 Å². The topological polar surface area (TPSA) is 9.23 Å². The standard InChI is InChI=1S/C10H10F2O.2C2H6/c1-7-3-2-4-8-9(7)13-6-5-10(8,11)12;2*1-2/h2-4H,5-6H2,1H3;2*1-2H3. The number of alkyl halides is 2. The Morgan fingerprint density at radius 3 is 2.24 bits per heavy atom. The fourth-order valence-electron chi connectivity index (χ4n) is 1.55. The summed E-state index contributed by atoms with van der Waals surface area (Å²) >= 11 is 0. The number of hydrogen-bond acceptors (Lipinski definition) is 1. The van der Waals surface area contributed by atoms with E-state index in [0.717, 1.165) is 5.56 Å². The Labute approximate surface area is 103 Å². The number of para-hydroxylation sites is 1. The zero-order valence-corrected chi connectivity index (χ0v) is 11.3. The second-order valence-electron chi connectivity index (χ2n) is 3.25. The van der Waals surface area contributed by atoms with Crippen molar-refractivity contribution >= 4 is 0 Å². The molecule has 3 heteroatoms. The molecule has 0 aliphatic carbocycles. The summed E-state index contributed by atoms with van der Waals surface area (Å²) < 4.78 is 31.8. The lowest BCUT2D eigenvalue weighted by atomic mass is 10.00. The van der Waals surface area contributed by atoms with Crippen molar-refractivity contribution in [3.8, 4) is 5.75 Å². The SMILES string of the molecule is CC.CC.Cc1cccc2c1OCCC2(F)F. The van der Waals surface area contributed by atoms with Gasteiger partial charge in [0, 0.05) is 0 Å². The van der Waals surface area contributed by atoms with Crippen LogP contribution in [-0.4, -0.2) is 6.61 Å². The quantitative estimate of drug-likeness (QED) is 0.629. The van der Waals surface area contributed by atoms with E-state index in [1.807, 2.05) is 27.7 Å². The zero-order chi connectivity index (χ0) is 13.5. The molecule has 0 saturated carbocycles. The molecule has 1 heterocycles. The molecule has 0 unspecified atom stereocenters. The van der Waals surface area contributed by atoms with Crippen molar-refractivity contribution in [3.63, 3.8) is 0 Å². The molecule has 1 aromatic carbocycles. The molecule has 0 bridgehead atoms. The molecule has 98 valence electrons. The van der Waals surface area contributed by atoms with Gasteiger partial charge in [0.05, 0.1) is 18.6 Å². The average Bonchev–Trinajstić information content (AvgIpc) is 2.35. The van der Waals surface area contributed by atoms with Crippen LogP contribution in [0.25, 0.3) is 0 Å².